The molecule has 2 fully saturated rings. The first kappa shape index (κ1) is 22.9. The number of amides is 2. The molecule has 3 aromatic rings. The van der Waals surface area contributed by atoms with Gasteiger partial charge in [-0.2, -0.15) is 0 Å². The van der Waals surface area contributed by atoms with E-state index >= 15 is 0 Å². The highest BCUT2D eigenvalue weighted by Gasteiger charge is 2.74. The van der Waals surface area contributed by atoms with E-state index in [2.05, 4.69) is 0 Å². The number of carbonyl (C=O) groups excluding carboxylic acids is 4. The molecule has 0 bridgehead atoms. The summed E-state index contributed by atoms with van der Waals surface area (Å²) in [5, 5.41) is 0.170. The largest absolute Gasteiger partial charge is 0.497 e. The van der Waals surface area contributed by atoms with E-state index < -0.39 is 46.9 Å². The topological polar surface area (TPSA) is 90.0 Å². The Morgan fingerprint density at radius 2 is 1.53 bits per heavy atom. The van der Waals surface area contributed by atoms with Crippen LogP contribution < -0.4 is 9.64 Å². The third-order valence-corrected chi connectivity index (χ3v) is 7.92. The Kier molecular flexibility index (Phi) is 5.09. The lowest BCUT2D eigenvalue weighted by Crippen LogP contribution is -2.51. The number of carbonyl (C=O) groups is 4. The molecule has 2 amide bonds. The Hall–Kier alpha value is -3.52. The Morgan fingerprint density at radius 1 is 0.861 bits per heavy atom. The molecule has 0 N–H and O–H groups in total. The van der Waals surface area contributed by atoms with Crippen LogP contribution in [0.4, 0.5) is 5.69 Å². The molecule has 7 nitrogen and oxygen atoms in total. The predicted molar refractivity (Wildman–Crippen MR) is 131 cm³/mol. The molecule has 2 saturated heterocycles. The zero-order chi connectivity index (χ0) is 25.4. The molecular weight excluding hydrogens is 505 g/mol. The molecule has 180 valence electrons. The van der Waals surface area contributed by atoms with Gasteiger partial charge in [0.25, 0.3) is 0 Å². The first-order chi connectivity index (χ1) is 17.3. The lowest BCUT2D eigenvalue weighted by atomic mass is 9.77. The summed E-state index contributed by atoms with van der Waals surface area (Å²) in [6.45, 7) is 0. The number of benzene rings is 3. The summed E-state index contributed by atoms with van der Waals surface area (Å²) in [4.78, 5) is 56.4. The van der Waals surface area contributed by atoms with Crippen molar-refractivity contribution in [3.05, 3.63) is 93.5 Å². The number of hydrogen-bond donors (Lipinski definition) is 0. The van der Waals surface area contributed by atoms with Crippen molar-refractivity contribution in [3.8, 4) is 5.75 Å². The van der Waals surface area contributed by atoms with E-state index in [1.165, 1.54) is 31.4 Å². The van der Waals surface area contributed by atoms with Crippen molar-refractivity contribution in [2.45, 2.75) is 11.7 Å². The number of methoxy groups -OCH3 is 1. The first-order valence-corrected chi connectivity index (χ1v) is 11.9. The third-order valence-electron chi connectivity index (χ3n) is 7.11. The van der Waals surface area contributed by atoms with Gasteiger partial charge in [-0.1, -0.05) is 65.7 Å². The predicted octanol–water partition coefficient (Wildman–Crippen LogP) is 4.70. The Bertz CT molecular complexity index is 1470. The number of ether oxygens (including phenoxy) is 2. The number of imide groups is 1. The molecule has 0 saturated carbocycles. The molecule has 3 atom stereocenters. The number of hydrogen-bond acceptors (Lipinski definition) is 6. The van der Waals surface area contributed by atoms with Gasteiger partial charge in [0.15, 0.2) is 0 Å². The van der Waals surface area contributed by atoms with E-state index in [1.54, 1.807) is 42.5 Å². The van der Waals surface area contributed by atoms with Gasteiger partial charge in [-0.15, -0.1) is 0 Å². The number of Topliss-reactive ketones (excluding diaryl/α,β-unsaturated/α-hetero) is 2. The molecule has 0 aromatic heterocycles. The maximum Gasteiger partial charge on any atom is 0.241 e. The average molecular weight is 522 g/mol. The van der Waals surface area contributed by atoms with E-state index in [9.17, 15) is 19.2 Å². The van der Waals surface area contributed by atoms with Crippen molar-refractivity contribution in [1.29, 1.82) is 0 Å². The highest BCUT2D eigenvalue weighted by molar-refractivity contribution is 6.45. The molecule has 2 heterocycles. The fourth-order valence-electron chi connectivity index (χ4n) is 5.54. The minimum atomic E-state index is -2.17. The van der Waals surface area contributed by atoms with Gasteiger partial charge in [-0.25, -0.2) is 4.90 Å². The lowest BCUT2D eigenvalue weighted by Gasteiger charge is -2.27. The normalized spacial score (nSPS) is 24.0. The van der Waals surface area contributed by atoms with Crippen molar-refractivity contribution in [2.75, 3.05) is 12.0 Å². The molecule has 0 radical (unpaired) electrons. The number of ketones is 2. The minimum absolute atomic E-state index is 0.0149. The standard InChI is InChI=1S/C27H17Cl2NO6/c1-35-14-7-4-6-13(12-14)22-19-20(26(34)30(25(19)33)18-11-5-10-17(28)21(18)29)27(36-22)23(31)15-8-2-3-9-16(15)24(27)32/h2-12,19-20,22H,1H3. The van der Waals surface area contributed by atoms with Crippen molar-refractivity contribution in [2.24, 2.45) is 11.8 Å². The van der Waals surface area contributed by atoms with Crippen LogP contribution in [0.5, 0.6) is 5.75 Å². The molecule has 3 aliphatic rings. The van der Waals surface area contributed by atoms with Gasteiger partial charge in [0, 0.05) is 11.1 Å². The maximum absolute atomic E-state index is 14.0. The molecule has 36 heavy (non-hydrogen) atoms. The van der Waals surface area contributed by atoms with Gasteiger partial charge in [0.2, 0.25) is 29.0 Å². The molecule has 6 rings (SSSR count). The van der Waals surface area contributed by atoms with Gasteiger partial charge in [0.05, 0.1) is 40.8 Å². The number of nitrogens with zero attached hydrogens (tertiary/aromatic N) is 1. The van der Waals surface area contributed by atoms with Crippen molar-refractivity contribution < 1.29 is 28.7 Å². The Balaban J connectivity index is 1.56. The number of rotatable bonds is 3. The second kappa shape index (κ2) is 8.00. The van der Waals surface area contributed by atoms with Gasteiger partial charge in [-0.05, 0) is 29.8 Å². The van der Waals surface area contributed by atoms with Gasteiger partial charge in [0.1, 0.15) is 5.75 Å². The average Bonchev–Trinajstić information content (AvgIpc) is 3.46. The summed E-state index contributed by atoms with van der Waals surface area (Å²) < 4.78 is 11.6. The van der Waals surface area contributed by atoms with E-state index in [1.807, 2.05) is 0 Å². The lowest BCUT2D eigenvalue weighted by molar-refractivity contribution is -0.127. The van der Waals surface area contributed by atoms with Crippen LogP contribution in [0.25, 0.3) is 0 Å². The monoisotopic (exact) mass is 521 g/mol. The summed E-state index contributed by atoms with van der Waals surface area (Å²) >= 11 is 12.5. The molecule has 1 spiro atoms. The number of fused-ring (bicyclic) bond motifs is 3. The third kappa shape index (κ3) is 2.85. The van der Waals surface area contributed by atoms with Gasteiger partial charge < -0.3 is 9.47 Å². The van der Waals surface area contributed by atoms with Gasteiger partial charge in [-0.3, -0.25) is 19.2 Å². The van der Waals surface area contributed by atoms with Crippen molar-refractivity contribution >= 4 is 52.3 Å². The number of halogens is 2. The molecule has 3 unspecified atom stereocenters. The van der Waals surface area contributed by atoms with Crippen molar-refractivity contribution in [1.82, 2.24) is 0 Å². The van der Waals surface area contributed by atoms with Crippen LogP contribution in [0.1, 0.15) is 32.4 Å². The van der Waals surface area contributed by atoms with Gasteiger partial charge >= 0.3 is 0 Å². The van der Waals surface area contributed by atoms with Crippen LogP contribution in [0.15, 0.2) is 66.7 Å². The van der Waals surface area contributed by atoms with E-state index in [0.717, 1.165) is 4.90 Å². The molecule has 3 aromatic carbocycles. The van der Waals surface area contributed by atoms with E-state index in [0.29, 0.717) is 11.3 Å². The molecule has 2 aliphatic heterocycles. The van der Waals surface area contributed by atoms with Crippen LogP contribution in [-0.4, -0.2) is 36.1 Å². The SMILES string of the molecule is COc1cccc(C2OC3(C(=O)c4ccccc4C3=O)C3C(=O)N(c4cccc(Cl)c4Cl)C(=O)C23)c1. The summed E-state index contributed by atoms with van der Waals surface area (Å²) in [5.41, 5.74) is -1.27. The second-order valence-electron chi connectivity index (χ2n) is 8.84. The number of anilines is 1. The van der Waals surface area contributed by atoms with Crippen LogP contribution in [0.2, 0.25) is 10.0 Å². The Morgan fingerprint density at radius 3 is 2.19 bits per heavy atom. The smallest absolute Gasteiger partial charge is 0.241 e. The van der Waals surface area contributed by atoms with Crippen LogP contribution in [-0.2, 0) is 14.3 Å². The quantitative estimate of drug-likeness (QED) is 0.366. The summed E-state index contributed by atoms with van der Waals surface area (Å²) in [6, 6.07) is 17.7. The van der Waals surface area contributed by atoms with Crippen LogP contribution in [0, 0.1) is 11.8 Å². The highest BCUT2D eigenvalue weighted by atomic mass is 35.5. The van der Waals surface area contributed by atoms with Crippen LogP contribution >= 0.6 is 23.2 Å². The Labute approximate surface area is 215 Å². The fourth-order valence-corrected chi connectivity index (χ4v) is 5.92. The summed E-state index contributed by atoms with van der Waals surface area (Å²) in [7, 11) is 1.49. The van der Waals surface area contributed by atoms with Crippen molar-refractivity contribution in [3.63, 3.8) is 0 Å². The molecule has 9 heteroatoms. The molecule has 1 aliphatic carbocycles. The summed E-state index contributed by atoms with van der Waals surface area (Å²) in [5.74, 6) is -4.69. The highest BCUT2D eigenvalue weighted by Crippen LogP contribution is 2.58. The second-order valence-corrected chi connectivity index (χ2v) is 9.63. The zero-order valence-corrected chi connectivity index (χ0v) is 20.2. The maximum atomic E-state index is 14.0. The minimum Gasteiger partial charge on any atom is -0.497 e. The van der Waals surface area contributed by atoms with Crippen LogP contribution in [0.3, 0.4) is 0 Å². The van der Waals surface area contributed by atoms with E-state index in [-0.39, 0.29) is 26.9 Å². The van der Waals surface area contributed by atoms with E-state index in [4.69, 9.17) is 32.7 Å². The molecular formula is C27H17Cl2NO6. The first-order valence-electron chi connectivity index (χ1n) is 11.1. The zero-order valence-electron chi connectivity index (χ0n) is 18.7. The summed E-state index contributed by atoms with van der Waals surface area (Å²) in [6.07, 6.45) is -1.06. The fraction of sp³-hybridized carbons (Fsp3) is 0.185.